The van der Waals surface area contributed by atoms with E-state index in [1.54, 1.807) is 6.07 Å². The first-order valence-corrected chi connectivity index (χ1v) is 7.90. The van der Waals surface area contributed by atoms with Gasteiger partial charge in [-0.3, -0.25) is 19.8 Å². The molecule has 0 aliphatic carbocycles. The molecule has 126 valence electrons. The van der Waals surface area contributed by atoms with Gasteiger partial charge in [0.15, 0.2) is 0 Å². The molecule has 1 aliphatic rings. The van der Waals surface area contributed by atoms with Crippen LogP contribution in [0.25, 0.3) is 0 Å². The summed E-state index contributed by atoms with van der Waals surface area (Å²) < 4.78 is 5.00. The van der Waals surface area contributed by atoms with Crippen molar-refractivity contribution in [2.45, 2.75) is 38.6 Å². The number of nitro groups is 1. The monoisotopic (exact) mass is 321 g/mol. The highest BCUT2D eigenvalue weighted by atomic mass is 16.6. The minimum absolute atomic E-state index is 0.166. The number of hydrogen-bond donors (Lipinski definition) is 1. The predicted octanol–water partition coefficient (Wildman–Crippen LogP) is 2.81. The van der Waals surface area contributed by atoms with Crippen LogP contribution >= 0.6 is 0 Å². The summed E-state index contributed by atoms with van der Waals surface area (Å²) in [5, 5.41) is 13.9. The Morgan fingerprint density at radius 2 is 1.96 bits per heavy atom. The van der Waals surface area contributed by atoms with Crippen LogP contribution in [-0.2, 0) is 4.79 Å². The maximum absolute atomic E-state index is 12.4. The van der Waals surface area contributed by atoms with Crippen LogP contribution in [0.2, 0.25) is 0 Å². The Hall–Kier alpha value is -2.15. The van der Waals surface area contributed by atoms with E-state index in [4.69, 9.17) is 4.74 Å². The topological polar surface area (TPSA) is 84.7 Å². The lowest BCUT2D eigenvalue weighted by Gasteiger charge is -2.26. The molecule has 1 atom stereocenters. The Labute approximate surface area is 135 Å². The molecule has 1 saturated heterocycles. The first kappa shape index (κ1) is 17.2. The number of benzene rings is 1. The van der Waals surface area contributed by atoms with Gasteiger partial charge < -0.3 is 10.1 Å². The number of rotatable bonds is 5. The molecule has 23 heavy (non-hydrogen) atoms. The molecule has 1 unspecified atom stereocenters. The van der Waals surface area contributed by atoms with Gasteiger partial charge in [0.1, 0.15) is 11.4 Å². The van der Waals surface area contributed by atoms with E-state index in [2.05, 4.69) is 10.2 Å². The molecule has 1 amide bonds. The molecule has 7 nitrogen and oxygen atoms in total. The van der Waals surface area contributed by atoms with Gasteiger partial charge in [0.25, 0.3) is 5.69 Å². The third kappa shape index (κ3) is 4.41. The third-order valence-electron chi connectivity index (χ3n) is 4.23. The lowest BCUT2D eigenvalue weighted by molar-refractivity contribution is -0.384. The lowest BCUT2D eigenvalue weighted by Crippen LogP contribution is -2.42. The van der Waals surface area contributed by atoms with E-state index >= 15 is 0 Å². The van der Waals surface area contributed by atoms with E-state index in [0.29, 0.717) is 5.75 Å². The normalized spacial score (nSPS) is 17.1. The molecule has 1 fully saturated rings. The number of nitrogens with one attached hydrogen (secondary N) is 1. The molecule has 0 aromatic heterocycles. The van der Waals surface area contributed by atoms with Crippen molar-refractivity contribution in [3.05, 3.63) is 28.3 Å². The summed E-state index contributed by atoms with van der Waals surface area (Å²) in [6.07, 6.45) is 4.55. The molecule has 0 bridgehead atoms. The second kappa shape index (κ2) is 7.92. The zero-order valence-corrected chi connectivity index (χ0v) is 13.6. The van der Waals surface area contributed by atoms with E-state index in [-0.39, 0.29) is 23.3 Å². The minimum atomic E-state index is -0.519. The average Bonchev–Trinajstić information content (AvgIpc) is 2.83. The Balaban J connectivity index is 2.11. The van der Waals surface area contributed by atoms with Crippen LogP contribution in [-0.4, -0.2) is 42.0 Å². The van der Waals surface area contributed by atoms with Crippen LogP contribution in [0.15, 0.2) is 18.2 Å². The summed E-state index contributed by atoms with van der Waals surface area (Å²) in [5.41, 5.74) is 0.0308. The highest BCUT2D eigenvalue weighted by Crippen LogP contribution is 2.29. The number of nitro benzene ring substituents is 1. The highest BCUT2D eigenvalue weighted by Gasteiger charge is 2.24. The van der Waals surface area contributed by atoms with Crippen molar-refractivity contribution in [1.82, 2.24) is 4.90 Å². The number of hydrogen-bond acceptors (Lipinski definition) is 5. The van der Waals surface area contributed by atoms with Crippen LogP contribution in [0.4, 0.5) is 11.4 Å². The van der Waals surface area contributed by atoms with Crippen molar-refractivity contribution in [1.29, 1.82) is 0 Å². The Bertz CT molecular complexity index is 568. The smallest absolute Gasteiger partial charge is 0.296 e. The quantitative estimate of drug-likeness (QED) is 0.666. The lowest BCUT2D eigenvalue weighted by atomic mass is 10.2. The van der Waals surface area contributed by atoms with E-state index in [0.717, 1.165) is 25.9 Å². The van der Waals surface area contributed by atoms with Crippen LogP contribution in [0, 0.1) is 10.1 Å². The number of carbonyl (C=O) groups excluding carboxylic acids is 1. The van der Waals surface area contributed by atoms with Crippen molar-refractivity contribution >= 4 is 17.3 Å². The van der Waals surface area contributed by atoms with Crippen molar-refractivity contribution in [3.8, 4) is 5.75 Å². The molecule has 7 heteroatoms. The first-order chi connectivity index (χ1) is 11.0. The Kier molecular flexibility index (Phi) is 5.92. The van der Waals surface area contributed by atoms with Crippen molar-refractivity contribution < 1.29 is 14.5 Å². The second-order valence-corrected chi connectivity index (χ2v) is 5.76. The molecule has 0 spiro atoms. The molecular formula is C16H23N3O4. The van der Waals surface area contributed by atoms with Crippen molar-refractivity contribution in [3.63, 3.8) is 0 Å². The first-order valence-electron chi connectivity index (χ1n) is 7.90. The van der Waals surface area contributed by atoms with E-state index in [9.17, 15) is 14.9 Å². The van der Waals surface area contributed by atoms with Gasteiger partial charge in [-0.1, -0.05) is 12.8 Å². The van der Waals surface area contributed by atoms with Crippen molar-refractivity contribution in [2.24, 2.45) is 0 Å². The molecule has 2 rings (SSSR count). The van der Waals surface area contributed by atoms with Gasteiger partial charge in [0.05, 0.1) is 24.1 Å². The molecule has 1 aromatic carbocycles. The van der Waals surface area contributed by atoms with Gasteiger partial charge in [0.2, 0.25) is 5.91 Å². The number of anilines is 1. The standard InChI is InChI=1S/C16H23N3O4/c1-12(18-9-5-3-4-6-10-18)16(20)17-14-8-7-13(23-2)11-15(14)19(21)22/h7-8,11-12H,3-6,9-10H2,1-2H3,(H,17,20). The summed E-state index contributed by atoms with van der Waals surface area (Å²) in [6.45, 7) is 3.62. The summed E-state index contributed by atoms with van der Waals surface area (Å²) in [5.74, 6) is 0.162. The summed E-state index contributed by atoms with van der Waals surface area (Å²) >= 11 is 0. The minimum Gasteiger partial charge on any atom is -0.496 e. The van der Waals surface area contributed by atoms with Crippen LogP contribution in [0.5, 0.6) is 5.75 Å². The maximum Gasteiger partial charge on any atom is 0.296 e. The molecule has 1 aromatic rings. The fourth-order valence-corrected chi connectivity index (χ4v) is 2.78. The SMILES string of the molecule is COc1ccc(NC(=O)C(C)N2CCCCCC2)c([N+](=O)[O-])c1. The largest absolute Gasteiger partial charge is 0.496 e. The summed E-state index contributed by atoms with van der Waals surface area (Å²) in [7, 11) is 1.44. The molecule has 1 N–H and O–H groups in total. The average molecular weight is 321 g/mol. The van der Waals surface area contributed by atoms with Crippen LogP contribution < -0.4 is 10.1 Å². The predicted molar refractivity (Wildman–Crippen MR) is 87.8 cm³/mol. The molecular weight excluding hydrogens is 298 g/mol. The maximum atomic E-state index is 12.4. The number of likely N-dealkylation sites (tertiary alicyclic amines) is 1. The van der Waals surface area contributed by atoms with Gasteiger partial charge in [-0.2, -0.15) is 0 Å². The fourth-order valence-electron chi connectivity index (χ4n) is 2.78. The van der Waals surface area contributed by atoms with E-state index < -0.39 is 4.92 Å². The number of ether oxygens (including phenoxy) is 1. The van der Waals surface area contributed by atoms with Gasteiger partial charge >= 0.3 is 0 Å². The van der Waals surface area contributed by atoms with Gasteiger partial charge in [-0.15, -0.1) is 0 Å². The fraction of sp³-hybridized carbons (Fsp3) is 0.562. The van der Waals surface area contributed by atoms with Crippen molar-refractivity contribution in [2.75, 3.05) is 25.5 Å². The zero-order chi connectivity index (χ0) is 16.8. The van der Waals surface area contributed by atoms with Gasteiger partial charge in [-0.25, -0.2) is 0 Å². The summed E-state index contributed by atoms with van der Waals surface area (Å²) in [6, 6.07) is 4.10. The second-order valence-electron chi connectivity index (χ2n) is 5.76. The van der Waals surface area contributed by atoms with Gasteiger partial charge in [-0.05, 0) is 45.0 Å². The third-order valence-corrected chi connectivity index (χ3v) is 4.23. The number of carbonyl (C=O) groups is 1. The van der Waals surface area contributed by atoms with Crippen LogP contribution in [0.1, 0.15) is 32.6 Å². The molecule has 0 radical (unpaired) electrons. The summed E-state index contributed by atoms with van der Waals surface area (Å²) in [4.78, 5) is 25.2. The molecule has 1 heterocycles. The van der Waals surface area contributed by atoms with E-state index in [1.807, 2.05) is 6.92 Å². The molecule has 1 aliphatic heterocycles. The highest BCUT2D eigenvalue weighted by molar-refractivity contribution is 5.96. The Morgan fingerprint density at radius 3 is 2.52 bits per heavy atom. The number of nitrogens with zero attached hydrogens (tertiary/aromatic N) is 2. The van der Waals surface area contributed by atoms with E-state index in [1.165, 1.54) is 32.1 Å². The number of amides is 1. The number of methoxy groups -OCH3 is 1. The Morgan fingerprint density at radius 1 is 1.30 bits per heavy atom. The molecule has 0 saturated carbocycles. The van der Waals surface area contributed by atoms with Crippen LogP contribution in [0.3, 0.4) is 0 Å². The zero-order valence-electron chi connectivity index (χ0n) is 13.6. The van der Waals surface area contributed by atoms with Gasteiger partial charge in [0, 0.05) is 0 Å².